The van der Waals surface area contributed by atoms with Gasteiger partial charge >= 0.3 is 11.8 Å². The second-order valence-electron chi connectivity index (χ2n) is 5.17. The van der Waals surface area contributed by atoms with Crippen LogP contribution in [0.3, 0.4) is 0 Å². The zero-order valence-corrected chi connectivity index (χ0v) is 13.8. The third-order valence-electron chi connectivity index (χ3n) is 3.55. The molecule has 0 radical (unpaired) electrons. The Balaban J connectivity index is 1.92. The van der Waals surface area contributed by atoms with E-state index in [2.05, 4.69) is 15.8 Å². The monoisotopic (exact) mass is 325 g/mol. The van der Waals surface area contributed by atoms with E-state index in [0.29, 0.717) is 5.69 Å². The van der Waals surface area contributed by atoms with Crippen molar-refractivity contribution in [1.29, 1.82) is 0 Å². The molecule has 0 spiro atoms. The van der Waals surface area contributed by atoms with Gasteiger partial charge in [0, 0.05) is 5.69 Å². The molecule has 0 atom stereocenters. The summed E-state index contributed by atoms with van der Waals surface area (Å²) in [4.78, 5) is 23.7. The van der Waals surface area contributed by atoms with E-state index in [-0.39, 0.29) is 0 Å². The second-order valence-corrected chi connectivity index (χ2v) is 5.17. The lowest BCUT2D eigenvalue weighted by Crippen LogP contribution is -2.32. The third-order valence-corrected chi connectivity index (χ3v) is 3.55. The zero-order valence-electron chi connectivity index (χ0n) is 13.8. The Morgan fingerprint density at radius 3 is 2.42 bits per heavy atom. The van der Waals surface area contributed by atoms with Gasteiger partial charge in [-0.15, -0.1) is 0 Å². The molecule has 2 amide bonds. The van der Waals surface area contributed by atoms with Crippen LogP contribution in [0.2, 0.25) is 0 Å². The fraction of sp³-hybridized carbons (Fsp3) is 0.167. The van der Waals surface area contributed by atoms with Crippen molar-refractivity contribution >= 4 is 23.7 Å². The van der Waals surface area contributed by atoms with E-state index in [9.17, 15) is 9.59 Å². The van der Waals surface area contributed by atoms with Gasteiger partial charge < -0.3 is 10.1 Å². The molecule has 0 aliphatic carbocycles. The van der Waals surface area contributed by atoms with Crippen LogP contribution in [0.1, 0.15) is 16.7 Å². The number of aryl methyl sites for hydroxylation is 1. The van der Waals surface area contributed by atoms with Crippen LogP contribution >= 0.6 is 0 Å². The average molecular weight is 325 g/mol. The molecule has 0 aromatic heterocycles. The fourth-order valence-electron chi connectivity index (χ4n) is 1.97. The highest BCUT2D eigenvalue weighted by atomic mass is 16.5. The summed E-state index contributed by atoms with van der Waals surface area (Å²) in [5.74, 6) is -0.875. The Bertz CT molecular complexity index is 768. The smallest absolute Gasteiger partial charge is 0.329 e. The van der Waals surface area contributed by atoms with E-state index in [1.165, 1.54) is 6.21 Å². The predicted molar refractivity (Wildman–Crippen MR) is 93.3 cm³/mol. The number of methoxy groups -OCH3 is 1. The number of ether oxygens (including phenoxy) is 1. The number of hydrogen-bond acceptors (Lipinski definition) is 4. The van der Waals surface area contributed by atoms with Crippen LogP contribution in [0.4, 0.5) is 5.69 Å². The molecule has 0 aliphatic rings. The Morgan fingerprint density at radius 2 is 1.75 bits per heavy atom. The molecule has 2 rings (SSSR count). The van der Waals surface area contributed by atoms with Crippen LogP contribution in [0.5, 0.6) is 5.75 Å². The van der Waals surface area contributed by atoms with E-state index >= 15 is 0 Å². The van der Waals surface area contributed by atoms with E-state index in [0.717, 1.165) is 22.4 Å². The summed E-state index contributed by atoms with van der Waals surface area (Å²) in [6.07, 6.45) is 1.45. The van der Waals surface area contributed by atoms with Gasteiger partial charge in [0.1, 0.15) is 5.75 Å². The van der Waals surface area contributed by atoms with Crippen molar-refractivity contribution in [3.63, 3.8) is 0 Å². The van der Waals surface area contributed by atoms with Gasteiger partial charge in [-0.25, -0.2) is 5.43 Å². The van der Waals surface area contributed by atoms with Gasteiger partial charge in [-0.05, 0) is 60.9 Å². The van der Waals surface area contributed by atoms with Gasteiger partial charge in [-0.1, -0.05) is 12.1 Å². The highest BCUT2D eigenvalue weighted by molar-refractivity contribution is 6.39. The van der Waals surface area contributed by atoms with Gasteiger partial charge in [0.2, 0.25) is 0 Å². The minimum atomic E-state index is -0.833. The number of benzene rings is 2. The molecule has 0 heterocycles. The molecule has 24 heavy (non-hydrogen) atoms. The summed E-state index contributed by atoms with van der Waals surface area (Å²) in [5.41, 5.74) is 5.53. The molecule has 0 aliphatic heterocycles. The van der Waals surface area contributed by atoms with Gasteiger partial charge in [-0.3, -0.25) is 9.59 Å². The molecule has 6 nitrogen and oxygen atoms in total. The number of nitrogens with one attached hydrogen (secondary N) is 2. The standard InChI is InChI=1S/C18H19N3O3/c1-12-5-4-6-16(13(12)2)20-17(22)18(23)21-19-11-14-7-9-15(24-3)10-8-14/h4-11H,1-3H3,(H,20,22)(H,21,23). The van der Waals surface area contributed by atoms with Crippen molar-refractivity contribution < 1.29 is 14.3 Å². The first-order valence-electron chi connectivity index (χ1n) is 7.36. The van der Waals surface area contributed by atoms with Crippen molar-refractivity contribution in [2.24, 2.45) is 5.10 Å². The highest BCUT2D eigenvalue weighted by Crippen LogP contribution is 2.17. The summed E-state index contributed by atoms with van der Waals surface area (Å²) in [6.45, 7) is 3.81. The minimum Gasteiger partial charge on any atom is -0.497 e. The fourth-order valence-corrected chi connectivity index (χ4v) is 1.97. The van der Waals surface area contributed by atoms with Gasteiger partial charge in [0.15, 0.2) is 0 Å². The lowest BCUT2D eigenvalue weighted by Gasteiger charge is -2.09. The molecule has 0 bridgehead atoms. The third kappa shape index (κ3) is 4.42. The largest absolute Gasteiger partial charge is 0.497 e. The number of hydrogen-bond donors (Lipinski definition) is 2. The van der Waals surface area contributed by atoms with Gasteiger partial charge in [0.05, 0.1) is 13.3 Å². The van der Waals surface area contributed by atoms with E-state index in [1.54, 1.807) is 37.4 Å². The van der Waals surface area contributed by atoms with Crippen LogP contribution in [0.15, 0.2) is 47.6 Å². The molecule has 0 saturated heterocycles. The Labute approximate surface area is 140 Å². The summed E-state index contributed by atoms with van der Waals surface area (Å²) >= 11 is 0. The number of nitrogens with zero attached hydrogens (tertiary/aromatic N) is 1. The molecule has 0 saturated carbocycles. The molecule has 2 N–H and O–H groups in total. The number of amides is 2. The maximum atomic E-state index is 11.9. The molecule has 6 heteroatoms. The first kappa shape index (κ1) is 17.2. The summed E-state index contributed by atoms with van der Waals surface area (Å²) < 4.78 is 5.05. The minimum absolute atomic E-state index is 0.606. The van der Waals surface area contributed by atoms with Crippen LogP contribution < -0.4 is 15.5 Å². The normalized spacial score (nSPS) is 10.5. The SMILES string of the molecule is COc1ccc(C=NNC(=O)C(=O)Nc2cccc(C)c2C)cc1. The molecule has 2 aromatic carbocycles. The quantitative estimate of drug-likeness (QED) is 0.515. The van der Waals surface area contributed by atoms with E-state index in [1.807, 2.05) is 26.0 Å². The average Bonchev–Trinajstić information content (AvgIpc) is 2.59. The van der Waals surface area contributed by atoms with Crippen molar-refractivity contribution in [1.82, 2.24) is 5.43 Å². The number of rotatable bonds is 4. The maximum absolute atomic E-state index is 11.9. The Hall–Kier alpha value is -3.15. The van der Waals surface area contributed by atoms with Crippen molar-refractivity contribution in [3.05, 3.63) is 59.2 Å². The number of hydrazone groups is 1. The van der Waals surface area contributed by atoms with Gasteiger partial charge in [-0.2, -0.15) is 5.10 Å². The van der Waals surface area contributed by atoms with Crippen molar-refractivity contribution in [3.8, 4) is 5.75 Å². The first-order chi connectivity index (χ1) is 11.5. The topological polar surface area (TPSA) is 79.8 Å². The summed E-state index contributed by atoms with van der Waals surface area (Å²) in [5, 5.41) is 6.35. The Morgan fingerprint density at radius 1 is 1.04 bits per heavy atom. The maximum Gasteiger partial charge on any atom is 0.329 e. The number of carbonyl (C=O) groups is 2. The highest BCUT2D eigenvalue weighted by Gasteiger charge is 2.14. The van der Waals surface area contributed by atoms with Crippen LogP contribution in [0.25, 0.3) is 0 Å². The lowest BCUT2D eigenvalue weighted by atomic mass is 10.1. The first-order valence-corrected chi connectivity index (χ1v) is 7.36. The van der Waals surface area contributed by atoms with Crippen LogP contribution in [-0.2, 0) is 9.59 Å². The Kier molecular flexibility index (Phi) is 5.68. The molecule has 0 unspecified atom stereocenters. The van der Waals surface area contributed by atoms with Crippen molar-refractivity contribution in [2.75, 3.05) is 12.4 Å². The van der Waals surface area contributed by atoms with E-state index < -0.39 is 11.8 Å². The molecule has 2 aromatic rings. The van der Waals surface area contributed by atoms with Gasteiger partial charge in [0.25, 0.3) is 0 Å². The number of carbonyl (C=O) groups excluding carboxylic acids is 2. The van der Waals surface area contributed by atoms with Crippen LogP contribution in [0, 0.1) is 13.8 Å². The van der Waals surface area contributed by atoms with E-state index in [4.69, 9.17) is 4.74 Å². The predicted octanol–water partition coefficient (Wildman–Crippen LogP) is 2.40. The molecule has 124 valence electrons. The molecular weight excluding hydrogens is 306 g/mol. The van der Waals surface area contributed by atoms with Crippen LogP contribution in [-0.4, -0.2) is 25.1 Å². The number of anilines is 1. The summed E-state index contributed by atoms with van der Waals surface area (Å²) in [6, 6.07) is 12.6. The molecule has 0 fully saturated rings. The molecular formula is C18H19N3O3. The van der Waals surface area contributed by atoms with Crippen molar-refractivity contribution in [2.45, 2.75) is 13.8 Å². The second kappa shape index (κ2) is 7.92. The lowest BCUT2D eigenvalue weighted by molar-refractivity contribution is -0.136. The zero-order chi connectivity index (χ0) is 17.5. The summed E-state index contributed by atoms with van der Waals surface area (Å²) in [7, 11) is 1.58.